The van der Waals surface area contributed by atoms with Crippen LogP contribution in [0, 0.1) is 0 Å². The smallest absolute Gasteiger partial charge is 0.412 e. The molecule has 1 aliphatic heterocycles. The lowest BCUT2D eigenvalue weighted by Gasteiger charge is -2.35. The number of carbonyl (C=O) groups excluding carboxylic acids is 1. The predicted molar refractivity (Wildman–Crippen MR) is 68.5 cm³/mol. The first kappa shape index (κ1) is 16.2. The van der Waals surface area contributed by atoms with Crippen LogP contribution in [0.15, 0.2) is 0 Å². The number of alkyl halides is 1. The number of nitrogens with zero attached hydrogens (tertiary/aromatic N) is 1. The molecule has 0 unspecified atom stereocenters. The van der Waals surface area contributed by atoms with E-state index in [1.807, 2.05) is 0 Å². The van der Waals surface area contributed by atoms with E-state index < -0.39 is 36.2 Å². The monoisotopic (exact) mass is 277 g/mol. The second-order valence-corrected chi connectivity index (χ2v) is 6.28. The molecule has 19 heavy (non-hydrogen) atoms. The van der Waals surface area contributed by atoms with Gasteiger partial charge in [0.1, 0.15) is 17.5 Å². The lowest BCUT2D eigenvalue weighted by Crippen LogP contribution is -2.50. The van der Waals surface area contributed by atoms with E-state index in [1.165, 1.54) is 4.90 Å². The van der Waals surface area contributed by atoms with Crippen LogP contribution in [0.4, 0.5) is 9.18 Å². The van der Waals surface area contributed by atoms with Crippen molar-refractivity contribution >= 4 is 6.09 Å². The molecule has 0 radical (unpaired) electrons. The third-order valence-corrected chi connectivity index (χ3v) is 2.89. The molecule has 0 aromatic carbocycles. The Balaban J connectivity index is 2.81. The molecule has 1 fully saturated rings. The van der Waals surface area contributed by atoms with Crippen molar-refractivity contribution in [2.75, 3.05) is 13.2 Å². The number of amides is 1. The number of halogens is 1. The second-order valence-electron chi connectivity index (χ2n) is 6.28. The average Bonchev–Trinajstić information content (AvgIpc) is 2.51. The fraction of sp³-hybridized carbons (Fsp3) is 0.923. The molecular weight excluding hydrogens is 253 g/mol. The number of hydrogen-bond donors (Lipinski definition) is 1. The average molecular weight is 277 g/mol. The molecule has 1 rings (SSSR count). The Morgan fingerprint density at radius 2 is 2.16 bits per heavy atom. The van der Waals surface area contributed by atoms with Gasteiger partial charge in [-0.3, -0.25) is 4.90 Å². The van der Waals surface area contributed by atoms with Crippen LogP contribution in [0.3, 0.4) is 0 Å². The SMILES string of the molecule is CC(C)(C)OC(=O)N1[C@H](C[C@@H](F)CO)COC1(C)C. The minimum atomic E-state index is -1.37. The van der Waals surface area contributed by atoms with Gasteiger partial charge in [-0.15, -0.1) is 0 Å². The van der Waals surface area contributed by atoms with Gasteiger partial charge in [-0.2, -0.15) is 0 Å². The third kappa shape index (κ3) is 4.31. The minimum Gasteiger partial charge on any atom is -0.444 e. The van der Waals surface area contributed by atoms with E-state index in [0.29, 0.717) is 0 Å². The van der Waals surface area contributed by atoms with Crippen molar-refractivity contribution in [1.82, 2.24) is 4.90 Å². The zero-order chi connectivity index (χ0) is 14.8. The Labute approximate surface area is 113 Å². The van der Waals surface area contributed by atoms with Crippen LogP contribution in [0.25, 0.3) is 0 Å². The van der Waals surface area contributed by atoms with Gasteiger partial charge in [0, 0.05) is 6.42 Å². The highest BCUT2D eigenvalue weighted by molar-refractivity contribution is 5.69. The first-order valence-electron chi connectivity index (χ1n) is 6.48. The van der Waals surface area contributed by atoms with Crippen molar-refractivity contribution in [3.8, 4) is 0 Å². The lowest BCUT2D eigenvalue weighted by atomic mass is 10.1. The van der Waals surface area contributed by atoms with E-state index in [-0.39, 0.29) is 13.0 Å². The molecular formula is C13H24FNO4. The number of aliphatic hydroxyl groups excluding tert-OH is 1. The fourth-order valence-corrected chi connectivity index (χ4v) is 2.11. The van der Waals surface area contributed by atoms with Crippen LogP contribution >= 0.6 is 0 Å². The van der Waals surface area contributed by atoms with Crippen LogP contribution in [-0.2, 0) is 9.47 Å². The summed E-state index contributed by atoms with van der Waals surface area (Å²) in [5, 5.41) is 8.79. The van der Waals surface area contributed by atoms with E-state index in [9.17, 15) is 9.18 Å². The van der Waals surface area contributed by atoms with Crippen molar-refractivity contribution < 1.29 is 23.8 Å². The van der Waals surface area contributed by atoms with Gasteiger partial charge >= 0.3 is 6.09 Å². The molecule has 112 valence electrons. The van der Waals surface area contributed by atoms with Crippen molar-refractivity contribution in [3.05, 3.63) is 0 Å². The predicted octanol–water partition coefficient (Wildman–Crippen LogP) is 2.08. The zero-order valence-corrected chi connectivity index (χ0v) is 12.3. The summed E-state index contributed by atoms with van der Waals surface area (Å²) in [6.45, 7) is 8.48. The van der Waals surface area contributed by atoms with Crippen molar-refractivity contribution in [3.63, 3.8) is 0 Å². The number of hydrogen-bond acceptors (Lipinski definition) is 4. The summed E-state index contributed by atoms with van der Waals surface area (Å²) in [5.41, 5.74) is -1.45. The summed E-state index contributed by atoms with van der Waals surface area (Å²) in [5.74, 6) is 0. The fourth-order valence-electron chi connectivity index (χ4n) is 2.11. The topological polar surface area (TPSA) is 59.0 Å². The van der Waals surface area contributed by atoms with Gasteiger partial charge in [0.2, 0.25) is 0 Å². The quantitative estimate of drug-likeness (QED) is 0.858. The Morgan fingerprint density at radius 1 is 1.58 bits per heavy atom. The second kappa shape index (κ2) is 5.63. The van der Waals surface area contributed by atoms with Gasteiger partial charge < -0.3 is 14.6 Å². The molecule has 0 bridgehead atoms. The van der Waals surface area contributed by atoms with E-state index >= 15 is 0 Å². The summed E-state index contributed by atoms with van der Waals surface area (Å²) >= 11 is 0. The first-order valence-corrected chi connectivity index (χ1v) is 6.48. The Hall–Kier alpha value is -0.880. The molecule has 0 aromatic heterocycles. The van der Waals surface area contributed by atoms with Crippen molar-refractivity contribution in [1.29, 1.82) is 0 Å². The van der Waals surface area contributed by atoms with E-state index in [4.69, 9.17) is 14.6 Å². The van der Waals surface area contributed by atoms with Crippen LogP contribution in [0.5, 0.6) is 0 Å². The Morgan fingerprint density at radius 3 is 2.63 bits per heavy atom. The van der Waals surface area contributed by atoms with Gasteiger partial charge in [-0.25, -0.2) is 9.18 Å². The van der Waals surface area contributed by atoms with Crippen molar-refractivity contribution in [2.45, 2.75) is 64.6 Å². The normalized spacial score (nSPS) is 24.4. The molecule has 0 aliphatic carbocycles. The van der Waals surface area contributed by atoms with Gasteiger partial charge in [-0.05, 0) is 34.6 Å². The van der Waals surface area contributed by atoms with Crippen LogP contribution in [0.1, 0.15) is 41.0 Å². The Bertz CT molecular complexity index is 327. The number of carbonyl (C=O) groups is 1. The first-order chi connectivity index (χ1) is 8.57. The van der Waals surface area contributed by atoms with Crippen LogP contribution in [-0.4, -0.2) is 52.9 Å². The maximum Gasteiger partial charge on any atom is 0.412 e. The third-order valence-electron chi connectivity index (χ3n) is 2.89. The summed E-state index contributed by atoms with van der Waals surface area (Å²) in [6.07, 6.45) is -1.85. The maximum atomic E-state index is 13.3. The van der Waals surface area contributed by atoms with Gasteiger partial charge in [0.15, 0.2) is 0 Å². The Kier molecular flexibility index (Phi) is 4.79. The molecule has 1 N–H and O–H groups in total. The van der Waals surface area contributed by atoms with Crippen LogP contribution in [0.2, 0.25) is 0 Å². The number of aliphatic hydroxyl groups is 1. The molecule has 0 aromatic rings. The highest BCUT2D eigenvalue weighted by Crippen LogP contribution is 2.31. The lowest BCUT2D eigenvalue weighted by molar-refractivity contribution is -0.0634. The molecule has 5 nitrogen and oxygen atoms in total. The van der Waals surface area contributed by atoms with E-state index in [2.05, 4.69) is 0 Å². The molecule has 0 spiro atoms. The summed E-state index contributed by atoms with van der Waals surface area (Å²) in [4.78, 5) is 13.6. The van der Waals surface area contributed by atoms with Crippen molar-refractivity contribution in [2.24, 2.45) is 0 Å². The van der Waals surface area contributed by atoms with Gasteiger partial charge in [0.05, 0.1) is 19.3 Å². The molecule has 1 saturated heterocycles. The molecule has 0 saturated carbocycles. The molecule has 2 atom stereocenters. The molecule has 1 aliphatic rings. The number of ether oxygens (including phenoxy) is 2. The summed E-state index contributed by atoms with van der Waals surface area (Å²) in [7, 11) is 0. The summed E-state index contributed by atoms with van der Waals surface area (Å²) < 4.78 is 24.2. The van der Waals surface area contributed by atoms with Crippen LogP contribution < -0.4 is 0 Å². The van der Waals surface area contributed by atoms with E-state index in [1.54, 1.807) is 34.6 Å². The standard InChI is InChI=1S/C13H24FNO4/c1-12(2,3)19-11(17)15-10(6-9(14)7-16)8-18-13(15,4)5/h9-10,16H,6-8H2,1-5H3/t9-,10-/m1/s1. The number of rotatable bonds is 3. The minimum absolute atomic E-state index is 0.0408. The zero-order valence-electron chi connectivity index (χ0n) is 12.3. The summed E-state index contributed by atoms with van der Waals surface area (Å²) in [6, 6.07) is -0.424. The molecule has 1 heterocycles. The van der Waals surface area contributed by atoms with Gasteiger partial charge in [-0.1, -0.05) is 0 Å². The van der Waals surface area contributed by atoms with Gasteiger partial charge in [0.25, 0.3) is 0 Å². The molecule has 1 amide bonds. The largest absolute Gasteiger partial charge is 0.444 e. The highest BCUT2D eigenvalue weighted by Gasteiger charge is 2.46. The molecule has 6 heteroatoms. The van der Waals surface area contributed by atoms with E-state index in [0.717, 1.165) is 0 Å². The maximum absolute atomic E-state index is 13.3. The highest BCUT2D eigenvalue weighted by atomic mass is 19.1.